The Kier molecular flexibility index (Phi) is 36.9. The third-order valence-corrected chi connectivity index (χ3v) is 18.0. The summed E-state index contributed by atoms with van der Waals surface area (Å²) < 4.78 is 0. The summed E-state index contributed by atoms with van der Waals surface area (Å²) in [5.41, 5.74) is 7.66. The predicted octanol–water partition coefficient (Wildman–Crippen LogP) is 9.88. The number of nitrogens with one attached hydrogen (secondary N) is 1. The quantitative estimate of drug-likeness (QED) is 0.0158. The van der Waals surface area contributed by atoms with Crippen molar-refractivity contribution in [2.75, 3.05) is 81.0 Å². The number of allylic oxidation sites excluding steroid dienone is 3. The van der Waals surface area contributed by atoms with Crippen molar-refractivity contribution in [2.24, 2.45) is 0 Å². The molecule has 20 heteroatoms. The number of carbonyl (C=O) groups excluding carboxylic acids is 8. The molecule has 1 fully saturated rings. The maximum atomic E-state index is 11.5. The van der Waals surface area contributed by atoms with E-state index in [0.29, 0.717) is 44.5 Å². The van der Waals surface area contributed by atoms with Crippen LogP contribution in [0, 0.1) is 22.7 Å². The van der Waals surface area contributed by atoms with Crippen LogP contribution in [0.4, 0.5) is 22.7 Å². The average molecular weight is 1300 g/mol. The Bertz CT molecular complexity index is 3620. The monoisotopic (exact) mass is 1300 g/mol. The Labute approximate surface area is 556 Å². The number of rotatable bonds is 25. The highest BCUT2D eigenvalue weighted by Crippen LogP contribution is 2.43. The minimum atomic E-state index is -2.05. The van der Waals surface area contributed by atoms with E-state index in [1.807, 2.05) is 193 Å². The number of carbonyl (C=O) groups is 9. The first-order chi connectivity index (χ1) is 45.9. The Morgan fingerprint density at radius 3 is 1.03 bits per heavy atom. The highest BCUT2D eigenvalue weighted by molar-refractivity contribution is 7.95. The van der Waals surface area contributed by atoms with Crippen LogP contribution in [-0.2, 0) is 38.4 Å². The minimum Gasteiger partial charge on any atom is -0.481 e. The average Bonchev–Trinajstić information content (AvgIpc) is 1.07. The summed E-state index contributed by atoms with van der Waals surface area (Å²) in [5.74, 6) is 0.0762. The Morgan fingerprint density at radius 2 is 0.779 bits per heavy atom. The first kappa shape index (κ1) is 77.9. The molecule has 7 aromatic carbocycles. The third kappa shape index (κ3) is 28.4. The molecule has 1 saturated heterocycles. The van der Waals surface area contributed by atoms with Crippen molar-refractivity contribution in [3.63, 3.8) is 0 Å². The van der Waals surface area contributed by atoms with Crippen molar-refractivity contribution < 1.29 is 53.5 Å². The number of nitriles is 2. The Hall–Kier alpha value is -11.4. The van der Waals surface area contributed by atoms with E-state index in [2.05, 4.69) is 53.9 Å². The van der Waals surface area contributed by atoms with E-state index in [4.69, 9.17) is 20.8 Å². The van der Waals surface area contributed by atoms with Crippen molar-refractivity contribution in [3.05, 3.63) is 229 Å². The highest BCUT2D eigenvalue weighted by Gasteiger charge is 2.27. The maximum absolute atomic E-state index is 11.5. The van der Waals surface area contributed by atoms with Crippen LogP contribution < -0.4 is 40.8 Å². The number of hydrogen-bond acceptors (Lipinski definition) is 16. The molecular formula is C75H81N8O11P. The molecule has 1 heterocycles. The predicted molar refractivity (Wildman–Crippen MR) is 381 cm³/mol. The SMILES string of the molecule is CN(CCC#N)c1ccc(/C=C/C=O)cc1.CN(CCC#N)c1ccc(C=O)cc1.CN(CCC(=O)O)c1ccc(/C=C/C=O)cc1.CNC(=O)CCN(C)c1ccc(/C=C/C=O)cc1.O=C1CCC(=O)N1O.O=CC=P(c1ccccc1)(c1ccccc1)c1ccccc1. The van der Waals surface area contributed by atoms with Crippen LogP contribution in [-0.4, -0.2) is 138 Å². The molecule has 0 aliphatic carbocycles. The summed E-state index contributed by atoms with van der Waals surface area (Å²) in [6.45, 7) is 0.522. The maximum Gasteiger partial charge on any atom is 0.305 e. The number of carboxylic acid groups (broad SMARTS) is 1. The summed E-state index contributed by atoms with van der Waals surface area (Å²) >= 11 is 0. The molecule has 0 unspecified atom stereocenters. The molecule has 3 N–H and O–H groups in total. The van der Waals surface area contributed by atoms with E-state index in [1.165, 1.54) is 34.1 Å². The fourth-order valence-corrected chi connectivity index (χ4v) is 12.3. The number of hydrogen-bond donors (Lipinski definition) is 3. The molecule has 0 spiro atoms. The molecule has 19 nitrogen and oxygen atoms in total. The second-order valence-electron chi connectivity index (χ2n) is 20.7. The molecule has 0 atom stereocenters. The lowest BCUT2D eigenvalue weighted by molar-refractivity contribution is -0.171. The van der Waals surface area contributed by atoms with Gasteiger partial charge in [-0.2, -0.15) is 15.6 Å². The topological polar surface area (TPSA) is 270 Å². The van der Waals surface area contributed by atoms with E-state index in [9.17, 15) is 43.2 Å². The molecule has 7 aromatic rings. The Morgan fingerprint density at radius 1 is 0.474 bits per heavy atom. The smallest absolute Gasteiger partial charge is 0.305 e. The standard InChI is InChI=1S/C20H17OP.C14H18N2O2.C13H14N2O.C13H15NO3.C11H12N2O.C4H5NO3/c21-16-17-22(18-10-4-1-5-11-18,19-12-6-2-7-13-19)20-14-8-3-9-15-20;1-15-14(18)9-10-16(2)13-7-5-12(6-8-13)4-3-11-17;1-15(10-3-9-14)13-7-5-12(6-8-13)4-2-11-16;1-14(9-8-13(16)17)12-6-4-11(5-7-12)3-2-10-15;1-13(8-2-7-12)11-5-3-10(9-14)4-6-11;6-3-1-2-4(7)5(3)8/h1-17H;3-8,11H,9-10H2,1-2H3,(H,15,18);2,4-8,11H,3,10H2,1H3;2-7,10H,8-9H2,1H3,(H,16,17);3-6,9H,2,8H2,1H3;8H,1-2H2/b;4-3+;4-2+;3-2+;;. The van der Waals surface area contributed by atoms with Gasteiger partial charge in [-0.3, -0.25) is 48.4 Å². The van der Waals surface area contributed by atoms with E-state index in [-0.39, 0.29) is 30.2 Å². The zero-order valence-electron chi connectivity index (χ0n) is 54.0. The molecule has 8 rings (SSSR count). The number of hydroxylamine groups is 2. The van der Waals surface area contributed by atoms with Crippen molar-refractivity contribution in [1.29, 1.82) is 10.5 Å². The molecule has 0 aromatic heterocycles. The van der Waals surface area contributed by atoms with Gasteiger partial charge in [0.2, 0.25) is 5.91 Å². The van der Waals surface area contributed by atoms with Gasteiger partial charge >= 0.3 is 5.97 Å². The van der Waals surface area contributed by atoms with Gasteiger partial charge in [-0.25, -0.2) is 0 Å². The fourth-order valence-electron chi connectivity index (χ4n) is 8.74. The van der Waals surface area contributed by atoms with Crippen molar-refractivity contribution in [1.82, 2.24) is 10.4 Å². The molecule has 3 amide bonds. The van der Waals surface area contributed by atoms with E-state index < -0.39 is 24.7 Å². The van der Waals surface area contributed by atoms with Gasteiger partial charge in [-0.1, -0.05) is 146 Å². The lowest BCUT2D eigenvalue weighted by atomic mass is 10.2. The molecule has 1 aliphatic heterocycles. The number of imide groups is 1. The largest absolute Gasteiger partial charge is 0.481 e. The number of aliphatic carboxylic acids is 1. The molecule has 0 radical (unpaired) electrons. The van der Waals surface area contributed by atoms with Gasteiger partial charge in [0, 0.05) is 109 Å². The lowest BCUT2D eigenvalue weighted by Crippen LogP contribution is -2.27. The van der Waals surface area contributed by atoms with Crippen molar-refractivity contribution in [2.45, 2.75) is 38.5 Å². The van der Waals surface area contributed by atoms with Gasteiger partial charge < -0.3 is 30.0 Å². The first-order valence-electron chi connectivity index (χ1n) is 30.1. The van der Waals surface area contributed by atoms with Crippen LogP contribution in [0.3, 0.4) is 0 Å². The summed E-state index contributed by atoms with van der Waals surface area (Å²) in [4.78, 5) is 102. The fraction of sp³-hybridized carbons (Fsp3) is 0.200. The van der Waals surface area contributed by atoms with Crippen LogP contribution in [0.1, 0.15) is 65.6 Å². The molecular weight excluding hydrogens is 1220 g/mol. The highest BCUT2D eigenvalue weighted by atomic mass is 31.2. The second kappa shape index (κ2) is 45.0. The van der Waals surface area contributed by atoms with Crippen LogP contribution in [0.2, 0.25) is 0 Å². The van der Waals surface area contributed by atoms with Crippen LogP contribution in [0.15, 0.2) is 206 Å². The Balaban J connectivity index is 0.000000303. The van der Waals surface area contributed by atoms with Gasteiger partial charge in [-0.15, -0.1) is 0 Å². The summed E-state index contributed by atoms with van der Waals surface area (Å²) in [6.07, 6.45) is 15.5. The normalized spacial score (nSPS) is 11.1. The number of benzene rings is 7. The summed E-state index contributed by atoms with van der Waals surface area (Å²) in [5, 5.41) is 40.2. The van der Waals surface area contributed by atoms with E-state index in [0.717, 1.165) is 77.4 Å². The van der Waals surface area contributed by atoms with Gasteiger partial charge in [0.25, 0.3) is 11.8 Å². The van der Waals surface area contributed by atoms with Gasteiger partial charge in [0.1, 0.15) is 31.4 Å². The zero-order valence-corrected chi connectivity index (χ0v) is 54.9. The molecule has 1 aliphatic rings. The van der Waals surface area contributed by atoms with Crippen LogP contribution in [0.25, 0.3) is 18.2 Å². The minimum absolute atomic E-state index is 0.0346. The first-order valence-corrected chi connectivity index (χ1v) is 31.9. The van der Waals surface area contributed by atoms with Crippen molar-refractivity contribution >= 4 is 125 Å². The number of anilines is 4. The number of carboxylic acids is 1. The second-order valence-corrected chi connectivity index (χ2v) is 23.9. The van der Waals surface area contributed by atoms with Crippen LogP contribution in [0.5, 0.6) is 0 Å². The molecule has 0 saturated carbocycles. The van der Waals surface area contributed by atoms with Gasteiger partial charge in [0.15, 0.2) is 0 Å². The van der Waals surface area contributed by atoms with Gasteiger partial charge in [0.05, 0.1) is 31.4 Å². The molecule has 0 bridgehead atoms. The molecule has 95 heavy (non-hydrogen) atoms. The van der Waals surface area contributed by atoms with Gasteiger partial charge in [-0.05, 0) is 124 Å². The van der Waals surface area contributed by atoms with Crippen LogP contribution >= 0.6 is 6.89 Å². The summed E-state index contributed by atoms with van der Waals surface area (Å²) in [7, 11) is 9.30. The molecule has 492 valence electrons. The number of aldehydes is 5. The van der Waals surface area contributed by atoms with E-state index >= 15 is 0 Å². The van der Waals surface area contributed by atoms with E-state index in [1.54, 1.807) is 37.4 Å². The number of amides is 3. The number of nitrogens with zero attached hydrogens (tertiary/aromatic N) is 7. The lowest BCUT2D eigenvalue weighted by Gasteiger charge is -2.27. The zero-order chi connectivity index (χ0) is 69.6. The summed E-state index contributed by atoms with van der Waals surface area (Å²) in [6, 6.07) is 65.6. The van der Waals surface area contributed by atoms with Crippen molar-refractivity contribution in [3.8, 4) is 12.1 Å². The third-order valence-electron chi connectivity index (χ3n) is 14.1.